The second-order valence-electron chi connectivity index (χ2n) is 5.76. The first-order valence-corrected chi connectivity index (χ1v) is 8.80. The van der Waals surface area contributed by atoms with Crippen molar-refractivity contribution in [2.45, 2.75) is 6.42 Å². The van der Waals surface area contributed by atoms with Gasteiger partial charge in [0, 0.05) is 19.3 Å². The summed E-state index contributed by atoms with van der Waals surface area (Å²) < 4.78 is 5.06. The third-order valence-electron chi connectivity index (χ3n) is 4.07. The molecule has 2 heterocycles. The van der Waals surface area contributed by atoms with E-state index in [1.807, 2.05) is 24.3 Å². The van der Waals surface area contributed by atoms with Gasteiger partial charge in [-0.2, -0.15) is 0 Å². The molecule has 1 aliphatic heterocycles. The molecule has 26 heavy (non-hydrogen) atoms. The van der Waals surface area contributed by atoms with Crippen molar-refractivity contribution in [1.82, 2.24) is 9.88 Å². The van der Waals surface area contributed by atoms with Crippen LogP contribution in [0.25, 0.3) is 5.57 Å². The molecule has 0 unspecified atom stereocenters. The molecule has 1 aromatic heterocycles. The first-order valence-electron chi connectivity index (χ1n) is 8.05. The highest BCUT2D eigenvalue weighted by Crippen LogP contribution is 2.22. The van der Waals surface area contributed by atoms with Gasteiger partial charge in [-0.15, -0.1) is 0 Å². The van der Waals surface area contributed by atoms with Crippen LogP contribution in [-0.4, -0.2) is 41.5 Å². The fourth-order valence-corrected chi connectivity index (χ4v) is 2.91. The van der Waals surface area contributed by atoms with Crippen LogP contribution in [0.3, 0.4) is 0 Å². The molecule has 1 aromatic carbocycles. The van der Waals surface area contributed by atoms with Crippen LogP contribution in [-0.2, 0) is 9.53 Å². The predicted octanol–water partition coefficient (Wildman–Crippen LogP) is 3.86. The van der Waals surface area contributed by atoms with Crippen molar-refractivity contribution in [3.8, 4) is 0 Å². The van der Waals surface area contributed by atoms with E-state index in [0.29, 0.717) is 13.1 Å². The number of rotatable bonds is 4. The van der Waals surface area contributed by atoms with Gasteiger partial charge in [-0.05, 0) is 23.6 Å². The summed E-state index contributed by atoms with van der Waals surface area (Å²) in [6, 6.07) is 11.4. The molecule has 1 amide bonds. The Morgan fingerprint density at radius 2 is 1.96 bits per heavy atom. The van der Waals surface area contributed by atoms with Gasteiger partial charge in [0.15, 0.2) is 6.61 Å². The summed E-state index contributed by atoms with van der Waals surface area (Å²) in [5, 5.41) is 0.260. The van der Waals surface area contributed by atoms with Crippen molar-refractivity contribution in [1.29, 1.82) is 0 Å². The minimum atomic E-state index is -0.665. The maximum atomic E-state index is 12.3. The Labute approximate surface area is 161 Å². The van der Waals surface area contributed by atoms with E-state index in [1.54, 1.807) is 4.90 Å². The maximum Gasteiger partial charge on any atom is 0.340 e. The number of benzene rings is 1. The highest BCUT2D eigenvalue weighted by Gasteiger charge is 2.20. The summed E-state index contributed by atoms with van der Waals surface area (Å²) in [7, 11) is 0. The van der Waals surface area contributed by atoms with Crippen LogP contribution >= 0.6 is 23.2 Å². The Morgan fingerprint density at radius 1 is 1.19 bits per heavy atom. The van der Waals surface area contributed by atoms with E-state index in [0.717, 1.165) is 12.0 Å². The molecule has 134 valence electrons. The van der Waals surface area contributed by atoms with Crippen LogP contribution in [0, 0.1) is 0 Å². The number of esters is 1. The van der Waals surface area contributed by atoms with Gasteiger partial charge in [-0.3, -0.25) is 4.79 Å². The minimum absolute atomic E-state index is 0.105. The quantitative estimate of drug-likeness (QED) is 0.587. The lowest BCUT2D eigenvalue weighted by Gasteiger charge is -2.26. The number of hydrogen-bond acceptors (Lipinski definition) is 4. The molecule has 0 aliphatic carbocycles. The van der Waals surface area contributed by atoms with Gasteiger partial charge in [0.05, 0.1) is 10.6 Å². The topological polar surface area (TPSA) is 59.5 Å². The number of carbonyl (C=O) groups is 2. The zero-order valence-corrected chi connectivity index (χ0v) is 15.3. The first-order chi connectivity index (χ1) is 12.5. The predicted molar refractivity (Wildman–Crippen MR) is 100 cm³/mol. The maximum absolute atomic E-state index is 12.3. The van der Waals surface area contributed by atoms with E-state index in [9.17, 15) is 9.59 Å². The Balaban J connectivity index is 1.53. The van der Waals surface area contributed by atoms with Crippen LogP contribution in [0.4, 0.5) is 0 Å². The average molecular weight is 391 g/mol. The van der Waals surface area contributed by atoms with E-state index in [-0.39, 0.29) is 28.3 Å². The second-order valence-corrected chi connectivity index (χ2v) is 6.52. The Kier molecular flexibility index (Phi) is 5.91. The van der Waals surface area contributed by atoms with Gasteiger partial charge in [0.1, 0.15) is 5.15 Å². The van der Waals surface area contributed by atoms with Gasteiger partial charge in [0.2, 0.25) is 0 Å². The molecule has 1 aliphatic rings. The minimum Gasteiger partial charge on any atom is -0.452 e. The van der Waals surface area contributed by atoms with Gasteiger partial charge in [-0.25, -0.2) is 9.78 Å². The Hall–Kier alpha value is -2.37. The van der Waals surface area contributed by atoms with Crippen LogP contribution in [0.2, 0.25) is 10.2 Å². The second kappa shape index (κ2) is 8.34. The van der Waals surface area contributed by atoms with E-state index in [2.05, 4.69) is 17.1 Å². The molecule has 0 bridgehead atoms. The highest BCUT2D eigenvalue weighted by molar-refractivity contribution is 6.41. The summed E-state index contributed by atoms with van der Waals surface area (Å²) in [5.74, 6) is -0.906. The molecule has 0 fully saturated rings. The fourth-order valence-electron chi connectivity index (χ4n) is 2.64. The van der Waals surface area contributed by atoms with Crippen LogP contribution in [0.5, 0.6) is 0 Å². The molecular formula is C19H16Cl2N2O3. The van der Waals surface area contributed by atoms with E-state index in [1.165, 1.54) is 17.8 Å². The third-order valence-corrected chi connectivity index (χ3v) is 4.75. The van der Waals surface area contributed by atoms with Crippen molar-refractivity contribution in [3.05, 3.63) is 70.0 Å². The summed E-state index contributed by atoms with van der Waals surface area (Å²) in [5.41, 5.74) is 2.53. The van der Waals surface area contributed by atoms with Crippen molar-refractivity contribution in [2.24, 2.45) is 0 Å². The van der Waals surface area contributed by atoms with E-state index < -0.39 is 5.97 Å². The van der Waals surface area contributed by atoms with Crippen molar-refractivity contribution >= 4 is 40.7 Å². The molecule has 0 N–H and O–H groups in total. The molecule has 3 rings (SSSR count). The van der Waals surface area contributed by atoms with Gasteiger partial charge < -0.3 is 9.64 Å². The number of halogens is 2. The fraction of sp³-hybridized carbons (Fsp3) is 0.211. The molecule has 0 radical (unpaired) electrons. The van der Waals surface area contributed by atoms with Crippen LogP contribution in [0.15, 0.2) is 48.7 Å². The molecule has 2 aromatic rings. The lowest BCUT2D eigenvalue weighted by molar-refractivity contribution is -0.134. The third kappa shape index (κ3) is 4.42. The number of hydrogen-bond donors (Lipinski definition) is 0. The summed E-state index contributed by atoms with van der Waals surface area (Å²) >= 11 is 11.5. The monoisotopic (exact) mass is 390 g/mol. The summed E-state index contributed by atoms with van der Waals surface area (Å²) in [6.07, 6.45) is 4.05. The number of carbonyl (C=O) groups excluding carboxylic acids is 2. The van der Waals surface area contributed by atoms with Crippen LogP contribution in [0.1, 0.15) is 22.3 Å². The first kappa shape index (κ1) is 18.4. The molecule has 0 atom stereocenters. The molecule has 0 saturated heterocycles. The Morgan fingerprint density at radius 3 is 2.62 bits per heavy atom. The zero-order chi connectivity index (χ0) is 18.5. The van der Waals surface area contributed by atoms with Crippen molar-refractivity contribution < 1.29 is 14.3 Å². The molecule has 0 spiro atoms. The van der Waals surface area contributed by atoms with Crippen molar-refractivity contribution in [2.75, 3.05) is 19.7 Å². The molecule has 5 nitrogen and oxygen atoms in total. The number of nitrogens with zero attached hydrogens (tertiary/aromatic N) is 2. The summed E-state index contributed by atoms with van der Waals surface area (Å²) in [6.45, 7) is 0.758. The molecular weight excluding hydrogens is 375 g/mol. The SMILES string of the molecule is O=C(OCC(=O)N1CC=C(c2ccccc2)CC1)c1cnc(Cl)c(Cl)c1. The number of ether oxygens (including phenoxy) is 1. The number of aromatic nitrogens is 1. The average Bonchev–Trinajstić information content (AvgIpc) is 2.68. The van der Waals surface area contributed by atoms with E-state index >= 15 is 0 Å². The highest BCUT2D eigenvalue weighted by atomic mass is 35.5. The van der Waals surface area contributed by atoms with Gasteiger partial charge in [-0.1, -0.05) is 59.6 Å². The van der Waals surface area contributed by atoms with Crippen molar-refractivity contribution in [3.63, 3.8) is 0 Å². The molecule has 0 saturated carbocycles. The normalized spacial score (nSPS) is 13.9. The smallest absolute Gasteiger partial charge is 0.340 e. The van der Waals surface area contributed by atoms with Gasteiger partial charge >= 0.3 is 5.97 Å². The summed E-state index contributed by atoms with van der Waals surface area (Å²) in [4.78, 5) is 29.7. The van der Waals surface area contributed by atoms with Gasteiger partial charge in [0.25, 0.3) is 5.91 Å². The standard InChI is InChI=1S/C19H16Cl2N2O3/c20-16-10-15(11-22-18(16)21)19(25)26-12-17(24)23-8-6-14(7-9-23)13-4-2-1-3-5-13/h1-6,10-11H,7-9,12H2. The molecule has 7 heteroatoms. The Bertz CT molecular complexity index is 853. The number of amides is 1. The number of pyridine rings is 1. The van der Waals surface area contributed by atoms with E-state index in [4.69, 9.17) is 27.9 Å². The van der Waals surface area contributed by atoms with Crippen LogP contribution < -0.4 is 0 Å². The lowest BCUT2D eigenvalue weighted by Crippen LogP contribution is -2.37. The zero-order valence-electron chi connectivity index (χ0n) is 13.8. The largest absolute Gasteiger partial charge is 0.452 e. The lowest BCUT2D eigenvalue weighted by atomic mass is 10.00.